The largest absolute Gasteiger partial charge is 0.379 e. The van der Waals surface area contributed by atoms with Crippen molar-refractivity contribution in [2.75, 3.05) is 33.0 Å². The first-order valence-electron chi connectivity index (χ1n) is 6.55. The van der Waals surface area contributed by atoms with E-state index < -0.39 is 5.54 Å². The zero-order valence-electron chi connectivity index (χ0n) is 10.6. The summed E-state index contributed by atoms with van der Waals surface area (Å²) in [5.74, 6) is 0.255. The first-order chi connectivity index (χ1) is 8.61. The Morgan fingerprint density at radius 3 is 2.61 bits per heavy atom. The number of nitrogens with zero attached hydrogens (tertiary/aromatic N) is 2. The molecule has 0 unspecified atom stereocenters. The Balaban J connectivity index is 1.68. The zero-order valence-corrected chi connectivity index (χ0v) is 10.6. The summed E-state index contributed by atoms with van der Waals surface area (Å²) in [6.45, 7) is 5.13. The third-order valence-electron chi connectivity index (χ3n) is 4.14. The lowest BCUT2D eigenvalue weighted by Gasteiger charge is -2.29. The quantitative estimate of drug-likeness (QED) is 0.719. The molecule has 18 heavy (non-hydrogen) atoms. The Bertz CT molecular complexity index is 377. The molecule has 1 saturated carbocycles. The van der Waals surface area contributed by atoms with Crippen LogP contribution in [0.4, 0.5) is 4.79 Å². The summed E-state index contributed by atoms with van der Waals surface area (Å²) in [7, 11) is 0. The van der Waals surface area contributed by atoms with E-state index in [1.54, 1.807) is 0 Å². The van der Waals surface area contributed by atoms with Crippen molar-refractivity contribution in [3.8, 4) is 0 Å². The molecule has 2 heterocycles. The summed E-state index contributed by atoms with van der Waals surface area (Å²) in [6.07, 6.45) is 2.07. The second-order valence-electron chi connectivity index (χ2n) is 5.51. The van der Waals surface area contributed by atoms with Gasteiger partial charge in [0.1, 0.15) is 5.54 Å². The highest BCUT2D eigenvalue weighted by atomic mass is 16.5. The number of ether oxygens (including phenoxy) is 1. The van der Waals surface area contributed by atoms with Crippen molar-refractivity contribution in [1.29, 1.82) is 0 Å². The van der Waals surface area contributed by atoms with Gasteiger partial charge in [0.05, 0.1) is 19.9 Å². The van der Waals surface area contributed by atoms with Gasteiger partial charge in [-0.3, -0.25) is 9.69 Å². The molecule has 3 amide bonds. The average Bonchev–Trinajstić information content (AvgIpc) is 3.17. The van der Waals surface area contributed by atoms with Crippen LogP contribution in [0.5, 0.6) is 0 Å². The van der Waals surface area contributed by atoms with Gasteiger partial charge in [-0.1, -0.05) is 0 Å². The Morgan fingerprint density at radius 2 is 2.00 bits per heavy atom. The molecule has 0 aromatic rings. The lowest BCUT2D eigenvalue weighted by molar-refractivity contribution is -0.133. The number of carbonyl (C=O) groups excluding carboxylic acids is 2. The highest BCUT2D eigenvalue weighted by Crippen LogP contribution is 2.42. The molecule has 0 radical (unpaired) electrons. The highest BCUT2D eigenvalue weighted by molar-refractivity contribution is 6.07. The van der Waals surface area contributed by atoms with Gasteiger partial charge >= 0.3 is 6.03 Å². The molecule has 100 valence electrons. The zero-order chi connectivity index (χ0) is 12.8. The predicted molar refractivity (Wildman–Crippen MR) is 63.8 cm³/mol. The minimum absolute atomic E-state index is 0.0681. The fourth-order valence-electron chi connectivity index (χ4n) is 2.72. The van der Waals surface area contributed by atoms with E-state index in [1.165, 1.54) is 4.90 Å². The Morgan fingerprint density at radius 1 is 1.33 bits per heavy atom. The van der Waals surface area contributed by atoms with Crippen molar-refractivity contribution in [1.82, 2.24) is 15.1 Å². The molecule has 0 aromatic carbocycles. The summed E-state index contributed by atoms with van der Waals surface area (Å²) >= 11 is 0. The van der Waals surface area contributed by atoms with Crippen molar-refractivity contribution >= 4 is 11.9 Å². The van der Waals surface area contributed by atoms with Crippen LogP contribution in [0.1, 0.15) is 19.8 Å². The van der Waals surface area contributed by atoms with Crippen LogP contribution >= 0.6 is 0 Å². The maximum absolute atomic E-state index is 12.4. The Kier molecular flexibility index (Phi) is 2.79. The van der Waals surface area contributed by atoms with E-state index in [4.69, 9.17) is 4.74 Å². The third-order valence-corrected chi connectivity index (χ3v) is 4.14. The number of urea groups is 1. The lowest BCUT2D eigenvalue weighted by Crippen LogP contribution is -2.48. The first kappa shape index (κ1) is 11.9. The normalized spacial score (nSPS) is 33.9. The van der Waals surface area contributed by atoms with Gasteiger partial charge in [-0.2, -0.15) is 0 Å². The number of carbonyl (C=O) groups is 2. The Labute approximate surface area is 106 Å². The predicted octanol–water partition coefficient (Wildman–Crippen LogP) is -0.00340. The van der Waals surface area contributed by atoms with Crippen LogP contribution in [0.25, 0.3) is 0 Å². The van der Waals surface area contributed by atoms with E-state index in [0.717, 1.165) is 25.9 Å². The fraction of sp³-hybridized carbons (Fsp3) is 0.833. The summed E-state index contributed by atoms with van der Waals surface area (Å²) in [4.78, 5) is 27.8. The monoisotopic (exact) mass is 253 g/mol. The summed E-state index contributed by atoms with van der Waals surface area (Å²) in [5, 5.41) is 2.86. The standard InChI is InChI=1S/C12H19N3O3/c1-12(9-2-3-9)10(16)15(11(17)13-12)8-14-4-6-18-7-5-14/h9H,2-8H2,1H3,(H,13,17)/t12-/m1/s1. The number of rotatable bonds is 3. The molecule has 0 spiro atoms. The van der Waals surface area contributed by atoms with Crippen LogP contribution in [0.15, 0.2) is 0 Å². The smallest absolute Gasteiger partial charge is 0.326 e. The summed E-state index contributed by atoms with van der Waals surface area (Å²) in [5.41, 5.74) is -0.663. The molecule has 3 aliphatic rings. The van der Waals surface area contributed by atoms with Gasteiger partial charge in [-0.25, -0.2) is 9.69 Å². The van der Waals surface area contributed by atoms with Gasteiger partial charge in [0.2, 0.25) is 0 Å². The van der Waals surface area contributed by atoms with Crippen molar-refractivity contribution in [3.05, 3.63) is 0 Å². The van der Waals surface area contributed by atoms with E-state index in [-0.39, 0.29) is 11.9 Å². The Hall–Kier alpha value is -1.14. The SMILES string of the molecule is C[C@]1(C2CC2)NC(=O)N(CN2CCOCC2)C1=O. The molecular formula is C12H19N3O3. The second-order valence-corrected chi connectivity index (χ2v) is 5.51. The number of imide groups is 1. The number of nitrogens with one attached hydrogen (secondary N) is 1. The van der Waals surface area contributed by atoms with Gasteiger partial charge in [-0.15, -0.1) is 0 Å². The molecule has 2 aliphatic heterocycles. The van der Waals surface area contributed by atoms with Crippen LogP contribution in [0, 0.1) is 5.92 Å². The van der Waals surface area contributed by atoms with Gasteiger partial charge in [0.15, 0.2) is 0 Å². The summed E-state index contributed by atoms with van der Waals surface area (Å²) < 4.78 is 5.26. The molecule has 3 fully saturated rings. The van der Waals surface area contributed by atoms with Gasteiger partial charge < -0.3 is 10.1 Å². The van der Waals surface area contributed by atoms with E-state index in [2.05, 4.69) is 10.2 Å². The van der Waals surface area contributed by atoms with E-state index in [9.17, 15) is 9.59 Å². The van der Waals surface area contributed by atoms with Gasteiger partial charge in [-0.05, 0) is 25.7 Å². The van der Waals surface area contributed by atoms with Crippen molar-refractivity contribution < 1.29 is 14.3 Å². The molecular weight excluding hydrogens is 234 g/mol. The molecule has 1 aliphatic carbocycles. The van der Waals surface area contributed by atoms with E-state index in [1.807, 2.05) is 6.92 Å². The number of hydrogen-bond donors (Lipinski definition) is 1. The molecule has 1 N–H and O–H groups in total. The minimum atomic E-state index is -0.663. The summed E-state index contributed by atoms with van der Waals surface area (Å²) in [6, 6.07) is -0.249. The molecule has 3 rings (SSSR count). The highest BCUT2D eigenvalue weighted by Gasteiger charge is 2.56. The molecule has 0 aromatic heterocycles. The first-order valence-corrected chi connectivity index (χ1v) is 6.55. The minimum Gasteiger partial charge on any atom is -0.379 e. The van der Waals surface area contributed by atoms with E-state index in [0.29, 0.717) is 25.8 Å². The van der Waals surface area contributed by atoms with Crippen LogP contribution in [-0.2, 0) is 9.53 Å². The topological polar surface area (TPSA) is 61.9 Å². The van der Waals surface area contributed by atoms with Crippen molar-refractivity contribution in [3.63, 3.8) is 0 Å². The molecule has 2 saturated heterocycles. The average molecular weight is 253 g/mol. The molecule has 6 nitrogen and oxygen atoms in total. The molecule has 0 bridgehead atoms. The molecule has 1 atom stereocenters. The number of morpholine rings is 1. The molecule has 6 heteroatoms. The number of hydrogen-bond acceptors (Lipinski definition) is 4. The van der Waals surface area contributed by atoms with Crippen LogP contribution < -0.4 is 5.32 Å². The van der Waals surface area contributed by atoms with Crippen LogP contribution in [0.2, 0.25) is 0 Å². The lowest BCUT2D eigenvalue weighted by atomic mass is 9.96. The van der Waals surface area contributed by atoms with Gasteiger partial charge in [0, 0.05) is 13.1 Å². The maximum atomic E-state index is 12.4. The van der Waals surface area contributed by atoms with E-state index >= 15 is 0 Å². The van der Waals surface area contributed by atoms with Crippen molar-refractivity contribution in [2.24, 2.45) is 5.92 Å². The third kappa shape index (κ3) is 1.89. The van der Waals surface area contributed by atoms with Crippen LogP contribution in [-0.4, -0.2) is 60.2 Å². The number of amides is 3. The van der Waals surface area contributed by atoms with Crippen LogP contribution in [0.3, 0.4) is 0 Å². The maximum Gasteiger partial charge on any atom is 0.326 e. The second kappa shape index (κ2) is 4.20. The van der Waals surface area contributed by atoms with Crippen molar-refractivity contribution in [2.45, 2.75) is 25.3 Å². The fourth-order valence-corrected chi connectivity index (χ4v) is 2.72. The van der Waals surface area contributed by atoms with Gasteiger partial charge in [0.25, 0.3) is 5.91 Å².